The molecule has 0 aliphatic rings. The molecule has 4 rings (SSSR count). The molecule has 0 fully saturated rings. The van der Waals surface area contributed by atoms with Crippen molar-refractivity contribution in [3.63, 3.8) is 0 Å². The number of amides is 1. The van der Waals surface area contributed by atoms with Crippen molar-refractivity contribution in [2.24, 2.45) is 5.10 Å². The number of hydrazone groups is 1. The van der Waals surface area contributed by atoms with E-state index in [0.29, 0.717) is 18.1 Å². The lowest BCUT2D eigenvalue weighted by atomic mass is 10.2. The monoisotopic (exact) mass is 463 g/mol. The summed E-state index contributed by atoms with van der Waals surface area (Å²) in [6.45, 7) is 0.451. The highest BCUT2D eigenvalue weighted by Crippen LogP contribution is 2.29. The number of carbonyl (C=O) groups excluding carboxylic acids is 1. The van der Waals surface area contributed by atoms with Crippen LogP contribution in [0.15, 0.2) is 82.2 Å². The SMILES string of the molecule is COc1cc(/C=N/NC(=O)CSc2nc3ccccc3s2)ccc1OCc1ccccc1. The number of thiazole rings is 1. The lowest BCUT2D eigenvalue weighted by Gasteiger charge is -2.11. The highest BCUT2D eigenvalue weighted by Gasteiger charge is 2.08. The van der Waals surface area contributed by atoms with Crippen LogP contribution in [0.5, 0.6) is 11.5 Å². The summed E-state index contributed by atoms with van der Waals surface area (Å²) in [5.41, 5.74) is 5.36. The maximum Gasteiger partial charge on any atom is 0.250 e. The molecule has 1 N–H and O–H groups in total. The molecule has 0 saturated heterocycles. The number of benzene rings is 3. The second kappa shape index (κ2) is 10.8. The number of nitrogens with one attached hydrogen (secondary N) is 1. The Bertz CT molecular complexity index is 1190. The van der Waals surface area contributed by atoms with E-state index in [4.69, 9.17) is 9.47 Å². The van der Waals surface area contributed by atoms with Crippen molar-refractivity contribution >= 4 is 45.4 Å². The zero-order valence-corrected chi connectivity index (χ0v) is 19.0. The Morgan fingerprint density at radius 1 is 1.09 bits per heavy atom. The largest absolute Gasteiger partial charge is 0.493 e. The maximum absolute atomic E-state index is 12.1. The topological polar surface area (TPSA) is 72.8 Å². The minimum Gasteiger partial charge on any atom is -0.493 e. The van der Waals surface area contributed by atoms with Crippen LogP contribution in [0.3, 0.4) is 0 Å². The van der Waals surface area contributed by atoms with Crippen LogP contribution < -0.4 is 14.9 Å². The van der Waals surface area contributed by atoms with E-state index in [1.54, 1.807) is 24.7 Å². The number of aromatic nitrogens is 1. The molecule has 6 nitrogen and oxygen atoms in total. The third kappa shape index (κ3) is 5.87. The van der Waals surface area contributed by atoms with Crippen molar-refractivity contribution in [2.75, 3.05) is 12.9 Å². The van der Waals surface area contributed by atoms with Gasteiger partial charge in [0.2, 0.25) is 0 Å². The second-order valence-corrected chi connectivity index (χ2v) is 8.97. The van der Waals surface area contributed by atoms with E-state index >= 15 is 0 Å². The molecule has 0 aliphatic heterocycles. The van der Waals surface area contributed by atoms with Gasteiger partial charge in [-0.25, -0.2) is 10.4 Å². The van der Waals surface area contributed by atoms with Crippen molar-refractivity contribution < 1.29 is 14.3 Å². The summed E-state index contributed by atoms with van der Waals surface area (Å²) in [6.07, 6.45) is 1.57. The van der Waals surface area contributed by atoms with Gasteiger partial charge in [0.05, 0.1) is 29.3 Å². The van der Waals surface area contributed by atoms with Gasteiger partial charge in [-0.1, -0.05) is 54.2 Å². The molecule has 3 aromatic carbocycles. The first kappa shape index (κ1) is 21.9. The molecule has 1 amide bonds. The number of para-hydroxylation sites is 1. The maximum atomic E-state index is 12.1. The van der Waals surface area contributed by atoms with Gasteiger partial charge >= 0.3 is 0 Å². The molecule has 0 spiro atoms. The van der Waals surface area contributed by atoms with Crippen LogP contribution in [0.1, 0.15) is 11.1 Å². The normalized spacial score (nSPS) is 11.0. The number of ether oxygens (including phenoxy) is 2. The van der Waals surface area contributed by atoms with E-state index in [1.807, 2.05) is 72.8 Å². The van der Waals surface area contributed by atoms with E-state index in [0.717, 1.165) is 25.7 Å². The van der Waals surface area contributed by atoms with Gasteiger partial charge in [-0.15, -0.1) is 11.3 Å². The molecule has 1 aromatic heterocycles. The molecule has 162 valence electrons. The third-order valence-corrected chi connectivity index (χ3v) is 6.61. The average Bonchev–Trinajstić information content (AvgIpc) is 3.25. The van der Waals surface area contributed by atoms with Gasteiger partial charge in [0.15, 0.2) is 15.8 Å². The molecule has 32 heavy (non-hydrogen) atoms. The Labute approximate surface area is 194 Å². The van der Waals surface area contributed by atoms with Crippen molar-refractivity contribution in [2.45, 2.75) is 10.9 Å². The molecular formula is C24H21N3O3S2. The van der Waals surface area contributed by atoms with Crippen LogP contribution in [-0.4, -0.2) is 30.0 Å². The summed E-state index contributed by atoms with van der Waals surface area (Å²) in [5, 5.41) is 4.04. The van der Waals surface area contributed by atoms with Gasteiger partial charge in [0.25, 0.3) is 5.91 Å². The summed E-state index contributed by atoms with van der Waals surface area (Å²) in [4.78, 5) is 16.6. The quantitative estimate of drug-likeness (QED) is 0.212. The van der Waals surface area contributed by atoms with Crippen molar-refractivity contribution in [1.29, 1.82) is 0 Å². The molecule has 1 heterocycles. The van der Waals surface area contributed by atoms with E-state index in [-0.39, 0.29) is 11.7 Å². The van der Waals surface area contributed by atoms with Crippen molar-refractivity contribution in [3.8, 4) is 11.5 Å². The van der Waals surface area contributed by atoms with Crippen LogP contribution in [-0.2, 0) is 11.4 Å². The van der Waals surface area contributed by atoms with Gasteiger partial charge in [0, 0.05) is 0 Å². The minimum atomic E-state index is -0.194. The molecular weight excluding hydrogens is 442 g/mol. The minimum absolute atomic E-state index is 0.194. The molecule has 0 radical (unpaired) electrons. The van der Waals surface area contributed by atoms with Gasteiger partial charge in [-0.2, -0.15) is 5.10 Å². The standard InChI is InChI=1S/C24H21N3O3S2/c1-29-21-13-18(11-12-20(21)30-15-17-7-3-2-4-8-17)14-25-27-23(28)16-31-24-26-19-9-5-6-10-22(19)32-24/h2-14H,15-16H2,1H3,(H,27,28)/b25-14+. The number of methoxy groups -OCH3 is 1. The molecule has 0 unspecified atom stereocenters. The Balaban J connectivity index is 1.28. The van der Waals surface area contributed by atoms with E-state index in [1.165, 1.54) is 11.8 Å². The fourth-order valence-corrected chi connectivity index (χ4v) is 4.73. The van der Waals surface area contributed by atoms with Crippen LogP contribution in [0.2, 0.25) is 0 Å². The molecule has 4 aromatic rings. The van der Waals surface area contributed by atoms with Crippen LogP contribution in [0.25, 0.3) is 10.2 Å². The smallest absolute Gasteiger partial charge is 0.250 e. The Kier molecular flexibility index (Phi) is 7.37. The zero-order chi connectivity index (χ0) is 22.2. The van der Waals surface area contributed by atoms with Crippen LogP contribution in [0.4, 0.5) is 0 Å². The second-order valence-electron chi connectivity index (χ2n) is 6.71. The summed E-state index contributed by atoms with van der Waals surface area (Å²) in [5.74, 6) is 1.29. The summed E-state index contributed by atoms with van der Waals surface area (Å²) < 4.78 is 13.3. The first-order valence-electron chi connectivity index (χ1n) is 9.86. The van der Waals surface area contributed by atoms with Gasteiger partial charge in [-0.3, -0.25) is 4.79 Å². The number of carbonyl (C=O) groups is 1. The highest BCUT2D eigenvalue weighted by atomic mass is 32.2. The Hall–Kier alpha value is -3.36. The summed E-state index contributed by atoms with van der Waals surface area (Å²) >= 11 is 2.97. The van der Waals surface area contributed by atoms with E-state index < -0.39 is 0 Å². The number of nitrogens with zero attached hydrogens (tertiary/aromatic N) is 2. The van der Waals surface area contributed by atoms with Gasteiger partial charge in [-0.05, 0) is 41.5 Å². The molecule has 0 bridgehead atoms. The average molecular weight is 464 g/mol. The lowest BCUT2D eigenvalue weighted by molar-refractivity contribution is -0.118. The first-order valence-corrected chi connectivity index (χ1v) is 11.7. The Morgan fingerprint density at radius 3 is 2.72 bits per heavy atom. The first-order chi connectivity index (χ1) is 15.7. The molecule has 0 aliphatic carbocycles. The molecule has 0 atom stereocenters. The third-order valence-electron chi connectivity index (χ3n) is 4.43. The number of hydrogen-bond donors (Lipinski definition) is 1. The number of rotatable bonds is 9. The van der Waals surface area contributed by atoms with Gasteiger partial charge in [0.1, 0.15) is 6.61 Å². The number of hydrogen-bond acceptors (Lipinski definition) is 7. The summed E-state index contributed by atoms with van der Waals surface area (Å²) in [7, 11) is 1.59. The van der Waals surface area contributed by atoms with Crippen LogP contribution >= 0.6 is 23.1 Å². The fourth-order valence-electron chi connectivity index (χ4n) is 2.87. The predicted octanol–water partition coefficient (Wildman–Crippen LogP) is 5.13. The zero-order valence-electron chi connectivity index (χ0n) is 17.4. The van der Waals surface area contributed by atoms with Gasteiger partial charge < -0.3 is 9.47 Å². The van der Waals surface area contributed by atoms with Crippen LogP contribution in [0, 0.1) is 0 Å². The predicted molar refractivity (Wildman–Crippen MR) is 130 cm³/mol. The van der Waals surface area contributed by atoms with E-state index in [2.05, 4.69) is 15.5 Å². The number of thioether (sulfide) groups is 1. The van der Waals surface area contributed by atoms with Crippen molar-refractivity contribution in [1.82, 2.24) is 10.4 Å². The van der Waals surface area contributed by atoms with Crippen molar-refractivity contribution in [3.05, 3.63) is 83.9 Å². The fraction of sp³-hybridized carbons (Fsp3) is 0.125. The number of fused-ring (bicyclic) bond motifs is 1. The van der Waals surface area contributed by atoms with E-state index in [9.17, 15) is 4.79 Å². The molecule has 0 saturated carbocycles. The summed E-state index contributed by atoms with van der Waals surface area (Å²) in [6, 6.07) is 23.3. The Morgan fingerprint density at radius 2 is 1.91 bits per heavy atom. The molecule has 8 heteroatoms. The highest BCUT2D eigenvalue weighted by molar-refractivity contribution is 8.01. The lowest BCUT2D eigenvalue weighted by Crippen LogP contribution is -2.19.